The van der Waals surface area contributed by atoms with E-state index >= 15 is 0 Å². The van der Waals surface area contributed by atoms with Crippen LogP contribution in [0.25, 0.3) is 0 Å². The van der Waals surface area contributed by atoms with E-state index in [0.29, 0.717) is 16.3 Å². The van der Waals surface area contributed by atoms with Crippen molar-refractivity contribution >= 4 is 27.3 Å². The maximum Gasteiger partial charge on any atom is 0.240 e. The van der Waals surface area contributed by atoms with Crippen LogP contribution in [-0.2, 0) is 10.0 Å². The van der Waals surface area contributed by atoms with Gasteiger partial charge in [0.05, 0.1) is 4.90 Å². The molecule has 0 bridgehead atoms. The van der Waals surface area contributed by atoms with Gasteiger partial charge >= 0.3 is 0 Å². The van der Waals surface area contributed by atoms with Crippen molar-refractivity contribution in [2.24, 2.45) is 0 Å². The van der Waals surface area contributed by atoms with Crippen LogP contribution in [0.15, 0.2) is 17.0 Å². The van der Waals surface area contributed by atoms with E-state index in [1.165, 1.54) is 12.1 Å². The molecule has 0 amide bonds. The Labute approximate surface area is 106 Å². The standard InChI is InChI=1S/C11H15ClN2O2S/c1-7-10(12)5-9(6-11(7)13)17(15,16)14-8-3-2-4-8/h5-6,8,14H,2-4,13H2,1H3. The summed E-state index contributed by atoms with van der Waals surface area (Å²) in [6.45, 7) is 1.76. The van der Waals surface area contributed by atoms with Crippen LogP contribution in [0.5, 0.6) is 0 Å². The number of nitrogens with two attached hydrogens (primary N) is 1. The normalized spacial score (nSPS) is 16.8. The van der Waals surface area contributed by atoms with Crippen molar-refractivity contribution in [1.82, 2.24) is 4.72 Å². The molecule has 1 aliphatic rings. The summed E-state index contributed by atoms with van der Waals surface area (Å²) in [5.41, 5.74) is 6.82. The Kier molecular flexibility index (Phi) is 3.34. The number of nitrogens with one attached hydrogen (secondary N) is 1. The predicted molar refractivity (Wildman–Crippen MR) is 68.6 cm³/mol. The molecular formula is C11H15ClN2O2S. The molecule has 3 N–H and O–H groups in total. The Bertz CT molecular complexity index is 515. The molecule has 2 rings (SSSR count). The maximum absolute atomic E-state index is 12.0. The zero-order valence-electron chi connectivity index (χ0n) is 9.53. The quantitative estimate of drug-likeness (QED) is 0.829. The van der Waals surface area contributed by atoms with Gasteiger partial charge in [0.1, 0.15) is 0 Å². The van der Waals surface area contributed by atoms with Gasteiger partial charge in [-0.25, -0.2) is 13.1 Å². The van der Waals surface area contributed by atoms with E-state index in [-0.39, 0.29) is 10.9 Å². The van der Waals surface area contributed by atoms with E-state index in [4.69, 9.17) is 17.3 Å². The molecule has 4 nitrogen and oxygen atoms in total. The zero-order chi connectivity index (χ0) is 12.6. The minimum atomic E-state index is -3.50. The maximum atomic E-state index is 12.0. The van der Waals surface area contributed by atoms with Gasteiger partial charge in [0.15, 0.2) is 0 Å². The summed E-state index contributed by atoms with van der Waals surface area (Å²) < 4.78 is 26.7. The summed E-state index contributed by atoms with van der Waals surface area (Å²) in [6, 6.07) is 2.94. The molecule has 0 spiro atoms. The van der Waals surface area contributed by atoms with E-state index in [1.54, 1.807) is 6.92 Å². The summed E-state index contributed by atoms with van der Waals surface area (Å²) >= 11 is 5.94. The average Bonchev–Trinajstić information content (AvgIpc) is 2.19. The molecule has 1 saturated carbocycles. The Morgan fingerprint density at radius 1 is 1.41 bits per heavy atom. The molecule has 0 saturated heterocycles. The van der Waals surface area contributed by atoms with Crippen LogP contribution in [-0.4, -0.2) is 14.5 Å². The molecule has 6 heteroatoms. The van der Waals surface area contributed by atoms with Crippen molar-refractivity contribution in [3.63, 3.8) is 0 Å². The molecule has 0 aliphatic heterocycles. The van der Waals surface area contributed by atoms with E-state index in [9.17, 15) is 8.42 Å². The summed E-state index contributed by atoms with van der Waals surface area (Å²) in [7, 11) is -3.50. The first kappa shape index (κ1) is 12.7. The van der Waals surface area contributed by atoms with E-state index in [1.807, 2.05) is 0 Å². The molecular weight excluding hydrogens is 260 g/mol. The molecule has 1 aliphatic carbocycles. The number of halogens is 1. The molecule has 0 heterocycles. The van der Waals surface area contributed by atoms with Gasteiger partial charge in [-0.3, -0.25) is 0 Å². The number of sulfonamides is 1. The van der Waals surface area contributed by atoms with Gasteiger partial charge in [0.25, 0.3) is 0 Å². The molecule has 0 aromatic heterocycles. The molecule has 0 unspecified atom stereocenters. The number of anilines is 1. The van der Waals surface area contributed by atoms with Gasteiger partial charge in [-0.1, -0.05) is 18.0 Å². The van der Waals surface area contributed by atoms with Crippen LogP contribution in [0.3, 0.4) is 0 Å². The Morgan fingerprint density at radius 3 is 2.53 bits per heavy atom. The van der Waals surface area contributed by atoms with Gasteiger partial charge in [0, 0.05) is 16.8 Å². The second kappa shape index (κ2) is 4.48. The fraction of sp³-hybridized carbons (Fsp3) is 0.455. The second-order valence-electron chi connectivity index (χ2n) is 4.37. The van der Waals surface area contributed by atoms with Crippen LogP contribution >= 0.6 is 11.6 Å². The SMILES string of the molecule is Cc1c(N)cc(S(=O)(=O)NC2CCC2)cc1Cl. The van der Waals surface area contributed by atoms with Gasteiger partial charge in [-0.2, -0.15) is 0 Å². The van der Waals surface area contributed by atoms with Crippen LogP contribution in [0.1, 0.15) is 24.8 Å². The topological polar surface area (TPSA) is 72.2 Å². The van der Waals surface area contributed by atoms with Crippen LogP contribution in [0, 0.1) is 6.92 Å². The highest BCUT2D eigenvalue weighted by atomic mass is 35.5. The lowest BCUT2D eigenvalue weighted by atomic mass is 9.94. The van der Waals surface area contributed by atoms with E-state index in [0.717, 1.165) is 19.3 Å². The molecule has 0 atom stereocenters. The van der Waals surface area contributed by atoms with Gasteiger partial charge < -0.3 is 5.73 Å². The number of hydrogen-bond donors (Lipinski definition) is 2. The highest BCUT2D eigenvalue weighted by molar-refractivity contribution is 7.89. The molecule has 17 heavy (non-hydrogen) atoms. The molecule has 0 radical (unpaired) electrons. The smallest absolute Gasteiger partial charge is 0.240 e. The predicted octanol–water partition coefficient (Wildman–Crippen LogP) is 2.06. The van der Waals surface area contributed by atoms with E-state index < -0.39 is 10.0 Å². The molecule has 94 valence electrons. The van der Waals surface area contributed by atoms with Crippen molar-refractivity contribution in [3.05, 3.63) is 22.7 Å². The van der Waals surface area contributed by atoms with Gasteiger partial charge in [-0.05, 0) is 37.5 Å². The Morgan fingerprint density at radius 2 is 2.06 bits per heavy atom. The second-order valence-corrected chi connectivity index (χ2v) is 6.49. The lowest BCUT2D eigenvalue weighted by molar-refractivity contribution is 0.383. The van der Waals surface area contributed by atoms with Gasteiger partial charge in [-0.15, -0.1) is 0 Å². The zero-order valence-corrected chi connectivity index (χ0v) is 11.1. The first-order valence-corrected chi connectivity index (χ1v) is 7.34. The van der Waals surface area contributed by atoms with Crippen LogP contribution in [0.4, 0.5) is 5.69 Å². The summed E-state index contributed by atoms with van der Waals surface area (Å²) in [5.74, 6) is 0. The molecule has 1 fully saturated rings. The first-order chi connectivity index (χ1) is 7.90. The highest BCUT2D eigenvalue weighted by Gasteiger charge is 2.25. The number of benzene rings is 1. The van der Waals surface area contributed by atoms with Crippen molar-refractivity contribution in [1.29, 1.82) is 0 Å². The van der Waals surface area contributed by atoms with Crippen molar-refractivity contribution in [3.8, 4) is 0 Å². The molecule has 1 aromatic carbocycles. The minimum absolute atomic E-state index is 0.0568. The Balaban J connectivity index is 2.32. The fourth-order valence-corrected chi connectivity index (χ4v) is 3.30. The largest absolute Gasteiger partial charge is 0.398 e. The monoisotopic (exact) mass is 274 g/mol. The third-order valence-corrected chi connectivity index (χ3v) is 4.99. The number of hydrogen-bond acceptors (Lipinski definition) is 3. The third-order valence-electron chi connectivity index (χ3n) is 3.10. The lowest BCUT2D eigenvalue weighted by Crippen LogP contribution is -2.39. The van der Waals surface area contributed by atoms with Crippen molar-refractivity contribution in [2.75, 3.05) is 5.73 Å². The Hall–Kier alpha value is -0.780. The minimum Gasteiger partial charge on any atom is -0.398 e. The summed E-state index contributed by atoms with van der Waals surface area (Å²) in [5, 5.41) is 0.374. The summed E-state index contributed by atoms with van der Waals surface area (Å²) in [4.78, 5) is 0.137. The van der Waals surface area contributed by atoms with Crippen LogP contribution in [0.2, 0.25) is 5.02 Å². The van der Waals surface area contributed by atoms with Crippen molar-refractivity contribution < 1.29 is 8.42 Å². The third kappa shape index (κ3) is 2.56. The molecule has 1 aromatic rings. The first-order valence-electron chi connectivity index (χ1n) is 5.48. The van der Waals surface area contributed by atoms with Crippen LogP contribution < -0.4 is 10.5 Å². The highest BCUT2D eigenvalue weighted by Crippen LogP contribution is 2.27. The number of nitrogen functional groups attached to an aromatic ring is 1. The van der Waals surface area contributed by atoms with E-state index in [2.05, 4.69) is 4.72 Å². The lowest BCUT2D eigenvalue weighted by Gasteiger charge is -2.26. The van der Waals surface area contributed by atoms with Gasteiger partial charge in [0.2, 0.25) is 10.0 Å². The number of rotatable bonds is 3. The fourth-order valence-electron chi connectivity index (χ4n) is 1.64. The summed E-state index contributed by atoms with van der Waals surface area (Å²) in [6.07, 6.45) is 2.87. The average molecular weight is 275 g/mol. The van der Waals surface area contributed by atoms with Crippen molar-refractivity contribution in [2.45, 2.75) is 37.1 Å².